The number of hydrogen-bond acceptors (Lipinski definition) is 5. The topological polar surface area (TPSA) is 137 Å². The minimum atomic E-state index is -0.0940. The molecular formula is C22H50N6O3S. The van der Waals surface area contributed by atoms with Crippen LogP contribution in [-0.4, -0.2) is 55.7 Å². The fourth-order valence-corrected chi connectivity index (χ4v) is 3.17. The molecular weight excluding hydrogens is 428 g/mol. The fourth-order valence-electron chi connectivity index (χ4n) is 2.49. The Morgan fingerprint density at radius 1 is 1.00 bits per heavy atom. The largest absolute Gasteiger partial charge is 0.341 e. The van der Waals surface area contributed by atoms with E-state index in [1.54, 1.807) is 18.8 Å². The number of carbonyl (C=O) groups is 3. The lowest BCUT2D eigenvalue weighted by Crippen LogP contribution is -2.35. The third-order valence-corrected chi connectivity index (χ3v) is 4.99. The van der Waals surface area contributed by atoms with Crippen LogP contribution in [0.5, 0.6) is 0 Å². The molecule has 32 heavy (non-hydrogen) atoms. The Labute approximate surface area is 200 Å². The van der Waals surface area contributed by atoms with E-state index in [1.807, 2.05) is 20.8 Å². The van der Waals surface area contributed by atoms with E-state index in [2.05, 4.69) is 46.8 Å². The summed E-state index contributed by atoms with van der Waals surface area (Å²) in [4.78, 5) is 31.9. The molecule has 2 atom stereocenters. The van der Waals surface area contributed by atoms with Gasteiger partial charge >= 0.3 is 12.1 Å². The summed E-state index contributed by atoms with van der Waals surface area (Å²) in [6, 6.07) is 0.581. The second-order valence-electron chi connectivity index (χ2n) is 6.96. The highest BCUT2D eigenvalue weighted by Gasteiger charge is 2.29. The van der Waals surface area contributed by atoms with Crippen LogP contribution >= 0.6 is 11.8 Å². The summed E-state index contributed by atoms with van der Waals surface area (Å²) in [5.74, 6) is 5.74. The zero-order valence-corrected chi connectivity index (χ0v) is 22.3. The Morgan fingerprint density at radius 3 is 2.03 bits per heavy atom. The molecule has 1 heterocycles. The van der Waals surface area contributed by atoms with E-state index < -0.39 is 0 Å². The van der Waals surface area contributed by atoms with Gasteiger partial charge in [0.25, 0.3) is 0 Å². The van der Waals surface area contributed by atoms with Crippen LogP contribution in [0.15, 0.2) is 0 Å². The predicted molar refractivity (Wildman–Crippen MR) is 138 cm³/mol. The zero-order chi connectivity index (χ0) is 25.2. The Kier molecular flexibility index (Phi) is 29.9. The van der Waals surface area contributed by atoms with Crippen LogP contribution in [0, 0.1) is 0 Å². The molecule has 0 bridgehead atoms. The van der Waals surface area contributed by atoms with Gasteiger partial charge in [0.15, 0.2) is 0 Å². The monoisotopic (exact) mass is 478 g/mol. The molecule has 192 valence electrons. The molecule has 0 aromatic heterocycles. The Balaban J connectivity index is -0.000000394. The van der Waals surface area contributed by atoms with Crippen LogP contribution in [0.1, 0.15) is 86.0 Å². The highest BCUT2D eigenvalue weighted by Crippen LogP contribution is 2.13. The Hall–Kier alpha value is -1.68. The van der Waals surface area contributed by atoms with Gasteiger partial charge in [-0.25, -0.2) is 15.4 Å². The normalized spacial score (nSPS) is 15.8. The van der Waals surface area contributed by atoms with Crippen molar-refractivity contribution in [1.29, 1.82) is 0 Å². The van der Waals surface area contributed by atoms with Crippen molar-refractivity contribution in [3.8, 4) is 0 Å². The number of unbranched alkanes of at least 4 members (excludes halogenated alkanes) is 3. The van der Waals surface area contributed by atoms with E-state index in [-0.39, 0.29) is 18.0 Å². The first-order valence-electron chi connectivity index (χ1n) is 11.9. The maximum absolute atomic E-state index is 11.1. The first-order chi connectivity index (χ1) is 15.4. The second-order valence-corrected chi connectivity index (χ2v) is 7.87. The Bertz CT molecular complexity index is 455. The van der Waals surface area contributed by atoms with Crippen molar-refractivity contribution in [2.24, 2.45) is 5.84 Å². The SMILES string of the molecule is CC.CCCCC(=O)NN.CCCCNC(=O)NC.CCCC[C@H]1NC(=O)N[C@H]1CSC. The number of rotatable bonds is 11. The van der Waals surface area contributed by atoms with Gasteiger partial charge in [0.2, 0.25) is 5.91 Å². The van der Waals surface area contributed by atoms with Crippen LogP contribution in [0.2, 0.25) is 0 Å². The summed E-state index contributed by atoms with van der Waals surface area (Å²) < 4.78 is 0. The van der Waals surface area contributed by atoms with Gasteiger partial charge in [0.05, 0.1) is 12.1 Å². The number of carbonyl (C=O) groups excluding carboxylic acids is 3. The maximum atomic E-state index is 11.1. The van der Waals surface area contributed by atoms with Crippen molar-refractivity contribution in [2.45, 2.75) is 98.1 Å². The average molecular weight is 479 g/mol. The second kappa shape index (κ2) is 27.4. The number of nitrogens with one attached hydrogen (secondary N) is 5. The maximum Gasteiger partial charge on any atom is 0.315 e. The molecule has 0 unspecified atom stereocenters. The number of hydrogen-bond donors (Lipinski definition) is 6. The highest BCUT2D eigenvalue weighted by molar-refractivity contribution is 7.98. The number of urea groups is 2. The van der Waals surface area contributed by atoms with Gasteiger partial charge in [-0.05, 0) is 25.5 Å². The van der Waals surface area contributed by atoms with Crippen molar-refractivity contribution in [3.63, 3.8) is 0 Å². The standard InChI is InChI=1S/C9H18N2OS.C6H14N2O.C5H12N2O.C2H6/c1-3-4-5-7-8(6-13-2)11-9(12)10-7;1-3-4-5-8-6(9)7-2;1-2-3-4-5(8)7-6;1-2/h7-8H,3-6H2,1-2H3,(H2,10,11,12);3-5H2,1-2H3,(H2,7,8,9);2-4,6H2,1H3,(H,7,8);1-2H3/t7-,8+;;;/m1.../s1. The van der Waals surface area contributed by atoms with Crippen LogP contribution in [0.3, 0.4) is 0 Å². The quantitative estimate of drug-likeness (QED) is 0.117. The number of thioether (sulfide) groups is 1. The van der Waals surface area contributed by atoms with Crippen molar-refractivity contribution < 1.29 is 14.4 Å². The number of amides is 5. The lowest BCUT2D eigenvalue weighted by Gasteiger charge is -2.16. The zero-order valence-electron chi connectivity index (χ0n) is 21.4. The molecule has 10 heteroatoms. The molecule has 1 rings (SSSR count). The van der Waals surface area contributed by atoms with Crippen molar-refractivity contribution in [1.82, 2.24) is 26.7 Å². The van der Waals surface area contributed by atoms with E-state index in [0.29, 0.717) is 18.5 Å². The van der Waals surface area contributed by atoms with Crippen LogP contribution in [0.4, 0.5) is 9.59 Å². The number of nitrogens with two attached hydrogens (primary N) is 1. The fraction of sp³-hybridized carbons (Fsp3) is 0.864. The Morgan fingerprint density at radius 2 is 1.56 bits per heavy atom. The molecule has 0 aromatic rings. The summed E-state index contributed by atoms with van der Waals surface area (Å²) >= 11 is 1.78. The van der Waals surface area contributed by atoms with E-state index in [0.717, 1.165) is 44.4 Å². The van der Waals surface area contributed by atoms with Crippen LogP contribution < -0.4 is 32.5 Å². The molecule has 9 nitrogen and oxygen atoms in total. The molecule has 1 aliphatic heterocycles. The minimum absolute atomic E-state index is 0.000142. The predicted octanol–water partition coefficient (Wildman–Crippen LogP) is 3.50. The molecule has 0 radical (unpaired) electrons. The molecule has 7 N–H and O–H groups in total. The van der Waals surface area contributed by atoms with Crippen molar-refractivity contribution >= 4 is 29.7 Å². The van der Waals surface area contributed by atoms with Gasteiger partial charge in [-0.3, -0.25) is 10.2 Å². The molecule has 1 fully saturated rings. The molecule has 0 spiro atoms. The molecule has 5 amide bonds. The van der Waals surface area contributed by atoms with Gasteiger partial charge in [-0.15, -0.1) is 0 Å². The first-order valence-corrected chi connectivity index (χ1v) is 13.3. The van der Waals surface area contributed by atoms with Gasteiger partial charge in [-0.2, -0.15) is 11.8 Å². The first kappa shape index (κ1) is 34.9. The third-order valence-electron chi connectivity index (χ3n) is 4.29. The molecule has 1 saturated heterocycles. The van der Waals surface area contributed by atoms with Gasteiger partial charge < -0.3 is 21.3 Å². The third kappa shape index (κ3) is 23.0. The van der Waals surface area contributed by atoms with Gasteiger partial charge in [0, 0.05) is 25.8 Å². The van der Waals surface area contributed by atoms with Crippen LogP contribution in [-0.2, 0) is 4.79 Å². The molecule has 0 saturated carbocycles. The van der Waals surface area contributed by atoms with Crippen LogP contribution in [0.25, 0.3) is 0 Å². The summed E-state index contributed by atoms with van der Waals surface area (Å²) in [5, 5.41) is 11.1. The summed E-state index contributed by atoms with van der Waals surface area (Å²) in [7, 11) is 1.61. The minimum Gasteiger partial charge on any atom is -0.341 e. The number of hydrazine groups is 1. The lowest BCUT2D eigenvalue weighted by atomic mass is 10.1. The molecule has 0 aromatic carbocycles. The average Bonchev–Trinajstić information content (AvgIpc) is 3.17. The van der Waals surface area contributed by atoms with E-state index in [9.17, 15) is 14.4 Å². The van der Waals surface area contributed by atoms with E-state index in [1.165, 1.54) is 12.8 Å². The van der Waals surface area contributed by atoms with E-state index in [4.69, 9.17) is 5.84 Å². The smallest absolute Gasteiger partial charge is 0.315 e. The molecule has 0 aliphatic carbocycles. The lowest BCUT2D eigenvalue weighted by molar-refractivity contribution is -0.121. The van der Waals surface area contributed by atoms with Gasteiger partial charge in [-0.1, -0.05) is 60.3 Å². The van der Waals surface area contributed by atoms with Crippen molar-refractivity contribution in [2.75, 3.05) is 25.6 Å². The summed E-state index contributed by atoms with van der Waals surface area (Å²) in [5.41, 5.74) is 2.06. The van der Waals surface area contributed by atoms with E-state index >= 15 is 0 Å². The molecule has 1 aliphatic rings. The van der Waals surface area contributed by atoms with Gasteiger partial charge in [0.1, 0.15) is 0 Å². The highest BCUT2D eigenvalue weighted by atomic mass is 32.2. The summed E-state index contributed by atoms with van der Waals surface area (Å²) in [6.07, 6.45) is 10.2. The summed E-state index contributed by atoms with van der Waals surface area (Å²) in [6.45, 7) is 11.1. The van der Waals surface area contributed by atoms with Crippen molar-refractivity contribution in [3.05, 3.63) is 0 Å².